The van der Waals surface area contributed by atoms with E-state index in [1.165, 1.54) is 0 Å². The van der Waals surface area contributed by atoms with Crippen molar-refractivity contribution in [1.82, 2.24) is 0 Å². The molecule has 0 heterocycles. The van der Waals surface area contributed by atoms with Gasteiger partial charge in [0.1, 0.15) is 5.75 Å². The van der Waals surface area contributed by atoms with E-state index in [1.54, 1.807) is 31.2 Å². The van der Waals surface area contributed by atoms with Crippen molar-refractivity contribution in [3.8, 4) is 5.75 Å². The minimum absolute atomic E-state index is 0.0674. The molecule has 0 bridgehead atoms. The van der Waals surface area contributed by atoms with Crippen molar-refractivity contribution >= 4 is 33.3 Å². The molecule has 0 spiro atoms. The van der Waals surface area contributed by atoms with Gasteiger partial charge in [-0.3, -0.25) is 4.79 Å². The van der Waals surface area contributed by atoms with E-state index in [4.69, 9.17) is 16.3 Å². The highest BCUT2D eigenvalue weighted by molar-refractivity contribution is 9.10. The first kappa shape index (κ1) is 15.1. The fourth-order valence-corrected chi connectivity index (χ4v) is 2.17. The molecule has 0 aliphatic carbocycles. The summed E-state index contributed by atoms with van der Waals surface area (Å²) >= 11 is 9.24. The number of carbonyl (C=O) groups is 1. The Hall–Kier alpha value is -1.32. The van der Waals surface area contributed by atoms with Crippen LogP contribution in [0.5, 0.6) is 5.75 Å². The van der Waals surface area contributed by atoms with E-state index in [9.17, 15) is 4.79 Å². The largest absolute Gasteiger partial charge is 0.483 e. The van der Waals surface area contributed by atoms with Crippen LogP contribution in [0, 0.1) is 6.92 Å². The monoisotopic (exact) mass is 352 g/mol. The maximum Gasteiger partial charge on any atom is 0.202 e. The third-order valence-corrected chi connectivity index (χ3v) is 4.08. The molecule has 2 nitrogen and oxygen atoms in total. The van der Waals surface area contributed by atoms with Crippen LogP contribution in [0.1, 0.15) is 22.8 Å². The summed E-state index contributed by atoms with van der Waals surface area (Å²) in [4.78, 5) is 12.2. The summed E-state index contributed by atoms with van der Waals surface area (Å²) in [5.41, 5.74) is 1.66. The predicted molar refractivity (Wildman–Crippen MR) is 84.8 cm³/mol. The Balaban J connectivity index is 2.11. The molecular weight excluding hydrogens is 340 g/mol. The summed E-state index contributed by atoms with van der Waals surface area (Å²) in [5.74, 6) is 0.614. The first-order valence-electron chi connectivity index (χ1n) is 6.20. The van der Waals surface area contributed by atoms with Gasteiger partial charge in [0.25, 0.3) is 0 Å². The highest BCUT2D eigenvalue weighted by atomic mass is 79.9. The minimum atomic E-state index is -0.545. The first-order valence-corrected chi connectivity index (χ1v) is 7.37. The van der Waals surface area contributed by atoms with Crippen LogP contribution in [-0.4, -0.2) is 11.9 Å². The zero-order valence-electron chi connectivity index (χ0n) is 11.2. The third-order valence-electron chi connectivity index (χ3n) is 2.94. The molecule has 0 aromatic heterocycles. The van der Waals surface area contributed by atoms with Gasteiger partial charge in [-0.15, -0.1) is 0 Å². The van der Waals surface area contributed by atoms with E-state index >= 15 is 0 Å². The first-order chi connectivity index (χ1) is 9.47. The fourth-order valence-electron chi connectivity index (χ4n) is 1.80. The topological polar surface area (TPSA) is 26.3 Å². The van der Waals surface area contributed by atoms with Gasteiger partial charge in [-0.25, -0.2) is 0 Å². The minimum Gasteiger partial charge on any atom is -0.483 e. The van der Waals surface area contributed by atoms with Crippen molar-refractivity contribution in [3.63, 3.8) is 0 Å². The number of ether oxygens (including phenoxy) is 1. The van der Waals surface area contributed by atoms with Gasteiger partial charge >= 0.3 is 0 Å². The lowest BCUT2D eigenvalue weighted by atomic mass is 10.1. The number of rotatable bonds is 4. The maximum absolute atomic E-state index is 12.2. The Morgan fingerprint density at radius 3 is 2.45 bits per heavy atom. The number of benzene rings is 2. The Labute approximate surface area is 131 Å². The molecule has 2 aromatic rings. The zero-order chi connectivity index (χ0) is 14.7. The zero-order valence-corrected chi connectivity index (χ0v) is 13.5. The van der Waals surface area contributed by atoms with Gasteiger partial charge in [-0.2, -0.15) is 0 Å². The highest BCUT2D eigenvalue weighted by Gasteiger charge is 2.17. The SMILES string of the molecule is Cc1cc(OC(C)C(=O)c2ccc(Cl)cc2)ccc1Br. The van der Waals surface area contributed by atoms with Gasteiger partial charge in [-0.1, -0.05) is 27.5 Å². The quantitative estimate of drug-likeness (QED) is 0.718. The molecule has 4 heteroatoms. The van der Waals surface area contributed by atoms with Crippen molar-refractivity contribution in [2.45, 2.75) is 20.0 Å². The van der Waals surface area contributed by atoms with Crippen LogP contribution in [0.3, 0.4) is 0 Å². The number of ketones is 1. The van der Waals surface area contributed by atoms with Crippen LogP contribution in [-0.2, 0) is 0 Å². The van der Waals surface area contributed by atoms with Gasteiger partial charge < -0.3 is 4.74 Å². The average molecular weight is 354 g/mol. The Morgan fingerprint density at radius 1 is 1.20 bits per heavy atom. The molecule has 0 fully saturated rings. The van der Waals surface area contributed by atoms with Crippen LogP contribution in [0.2, 0.25) is 5.02 Å². The molecule has 0 aliphatic rings. The smallest absolute Gasteiger partial charge is 0.202 e. The number of hydrogen-bond donors (Lipinski definition) is 0. The average Bonchev–Trinajstić information content (AvgIpc) is 2.43. The molecule has 20 heavy (non-hydrogen) atoms. The summed E-state index contributed by atoms with van der Waals surface area (Å²) < 4.78 is 6.71. The fraction of sp³-hybridized carbons (Fsp3) is 0.188. The number of carbonyl (C=O) groups excluding carboxylic acids is 1. The molecule has 2 aromatic carbocycles. The molecule has 0 saturated carbocycles. The summed E-state index contributed by atoms with van der Waals surface area (Å²) in [6, 6.07) is 12.5. The van der Waals surface area contributed by atoms with Gasteiger partial charge in [0, 0.05) is 15.1 Å². The van der Waals surface area contributed by atoms with Crippen LogP contribution in [0.15, 0.2) is 46.9 Å². The number of hydrogen-bond acceptors (Lipinski definition) is 2. The van der Waals surface area contributed by atoms with Gasteiger partial charge in [0.2, 0.25) is 5.78 Å². The van der Waals surface area contributed by atoms with Crippen molar-refractivity contribution in [2.75, 3.05) is 0 Å². The lowest BCUT2D eigenvalue weighted by molar-refractivity contribution is 0.0818. The van der Waals surface area contributed by atoms with E-state index in [0.29, 0.717) is 16.3 Å². The lowest BCUT2D eigenvalue weighted by Crippen LogP contribution is -2.23. The second kappa shape index (κ2) is 6.42. The molecule has 0 N–H and O–H groups in total. The molecule has 0 amide bonds. The predicted octanol–water partition coefficient (Wildman–Crippen LogP) is 5.06. The molecule has 1 atom stereocenters. The third kappa shape index (κ3) is 3.62. The lowest BCUT2D eigenvalue weighted by Gasteiger charge is -2.14. The molecule has 0 saturated heterocycles. The second-order valence-electron chi connectivity index (χ2n) is 4.54. The highest BCUT2D eigenvalue weighted by Crippen LogP contribution is 2.23. The number of Topliss-reactive ketones (excluding diaryl/α,β-unsaturated/α-hetero) is 1. The van der Waals surface area contributed by atoms with Crippen LogP contribution < -0.4 is 4.74 Å². The van der Waals surface area contributed by atoms with Crippen molar-refractivity contribution in [2.24, 2.45) is 0 Å². The van der Waals surface area contributed by atoms with Crippen LogP contribution in [0.4, 0.5) is 0 Å². The molecule has 0 aliphatic heterocycles. The van der Waals surface area contributed by atoms with Crippen molar-refractivity contribution < 1.29 is 9.53 Å². The molecule has 2 rings (SSSR count). The molecular formula is C16H14BrClO2. The second-order valence-corrected chi connectivity index (χ2v) is 5.83. The summed E-state index contributed by atoms with van der Waals surface area (Å²) in [6.07, 6.45) is -0.545. The van der Waals surface area contributed by atoms with Gasteiger partial charge in [0.15, 0.2) is 6.10 Å². The van der Waals surface area contributed by atoms with E-state index in [2.05, 4.69) is 15.9 Å². The maximum atomic E-state index is 12.2. The number of halogens is 2. The molecule has 1 unspecified atom stereocenters. The van der Waals surface area contributed by atoms with E-state index in [0.717, 1.165) is 10.0 Å². The van der Waals surface area contributed by atoms with E-state index in [1.807, 2.05) is 25.1 Å². The van der Waals surface area contributed by atoms with E-state index < -0.39 is 6.10 Å². The number of aryl methyl sites for hydroxylation is 1. The van der Waals surface area contributed by atoms with Crippen molar-refractivity contribution in [3.05, 3.63) is 63.1 Å². The van der Waals surface area contributed by atoms with E-state index in [-0.39, 0.29) is 5.78 Å². The summed E-state index contributed by atoms with van der Waals surface area (Å²) in [6.45, 7) is 3.72. The van der Waals surface area contributed by atoms with Crippen molar-refractivity contribution in [1.29, 1.82) is 0 Å². The molecule has 104 valence electrons. The summed E-state index contributed by atoms with van der Waals surface area (Å²) in [5, 5.41) is 0.610. The summed E-state index contributed by atoms with van der Waals surface area (Å²) in [7, 11) is 0. The Morgan fingerprint density at radius 2 is 1.85 bits per heavy atom. The van der Waals surface area contributed by atoms with Crippen LogP contribution in [0.25, 0.3) is 0 Å². The van der Waals surface area contributed by atoms with Gasteiger partial charge in [0.05, 0.1) is 0 Å². The molecule has 0 radical (unpaired) electrons. The Kier molecular flexibility index (Phi) is 4.84. The standard InChI is InChI=1S/C16H14BrClO2/c1-10-9-14(7-8-15(10)17)20-11(2)16(19)12-3-5-13(18)6-4-12/h3-9,11H,1-2H3. The van der Waals surface area contributed by atoms with Crippen LogP contribution >= 0.6 is 27.5 Å². The normalized spacial score (nSPS) is 12.0. The Bertz CT molecular complexity index is 623. The van der Waals surface area contributed by atoms with Gasteiger partial charge in [-0.05, 0) is 61.9 Å².